The van der Waals surface area contributed by atoms with Crippen molar-refractivity contribution in [2.45, 2.75) is 30.2 Å². The van der Waals surface area contributed by atoms with Crippen molar-refractivity contribution in [3.63, 3.8) is 0 Å². The molecule has 2 aromatic carbocycles. The van der Waals surface area contributed by atoms with E-state index in [4.69, 9.17) is 0 Å². The fourth-order valence-electron chi connectivity index (χ4n) is 2.96. The van der Waals surface area contributed by atoms with E-state index in [1.807, 2.05) is 0 Å². The van der Waals surface area contributed by atoms with Gasteiger partial charge in [-0.2, -0.15) is 8.78 Å². The third-order valence-corrected chi connectivity index (χ3v) is 7.14. The van der Waals surface area contributed by atoms with Gasteiger partial charge in [-0.15, -0.1) is 11.3 Å². The van der Waals surface area contributed by atoms with Gasteiger partial charge in [0.1, 0.15) is 9.96 Å². The fraction of sp³-hybridized carbons (Fsp3) is 0.190. The Morgan fingerprint density at radius 2 is 1.87 bits per heavy atom. The molecular formula is C21H20F2N2O4S2. The van der Waals surface area contributed by atoms with Crippen molar-refractivity contribution >= 4 is 33.0 Å². The third-order valence-electron chi connectivity index (χ3n) is 4.36. The van der Waals surface area contributed by atoms with Crippen LogP contribution in [0.25, 0.3) is 0 Å². The van der Waals surface area contributed by atoms with Gasteiger partial charge in [0.05, 0.1) is 6.04 Å². The number of hydrogen-bond acceptors (Lipinski definition) is 5. The van der Waals surface area contributed by atoms with Gasteiger partial charge in [-0.05, 0) is 42.1 Å². The number of hydrogen-bond donors (Lipinski definition) is 2. The van der Waals surface area contributed by atoms with Crippen LogP contribution in [0.1, 0.15) is 35.3 Å². The number of ether oxygens (including phenoxy) is 1. The lowest BCUT2D eigenvalue weighted by atomic mass is 10.0. The van der Waals surface area contributed by atoms with E-state index in [0.29, 0.717) is 12.0 Å². The molecule has 0 radical (unpaired) electrons. The zero-order valence-electron chi connectivity index (χ0n) is 16.4. The van der Waals surface area contributed by atoms with E-state index in [-0.39, 0.29) is 21.2 Å². The predicted molar refractivity (Wildman–Crippen MR) is 115 cm³/mol. The SMILES string of the molecule is CCC(NC(=O)c1cccc(NS(=O)(=O)c2cccs2)c1)c1ccccc1OC(F)F. The van der Waals surface area contributed by atoms with Crippen molar-refractivity contribution < 1.29 is 26.7 Å². The first kappa shape index (κ1) is 22.7. The molecule has 3 rings (SSSR count). The van der Waals surface area contributed by atoms with Crippen LogP contribution in [0.5, 0.6) is 5.75 Å². The van der Waals surface area contributed by atoms with Gasteiger partial charge in [-0.25, -0.2) is 8.42 Å². The number of nitrogens with one attached hydrogen (secondary N) is 2. The van der Waals surface area contributed by atoms with Gasteiger partial charge in [0.2, 0.25) is 0 Å². The summed E-state index contributed by atoms with van der Waals surface area (Å²) in [5.41, 5.74) is 0.876. The van der Waals surface area contributed by atoms with E-state index in [0.717, 1.165) is 11.3 Å². The maximum Gasteiger partial charge on any atom is 0.387 e. The number of carbonyl (C=O) groups is 1. The van der Waals surface area contributed by atoms with Crippen LogP contribution in [0.2, 0.25) is 0 Å². The van der Waals surface area contributed by atoms with Gasteiger partial charge in [0.15, 0.2) is 0 Å². The van der Waals surface area contributed by atoms with Crippen molar-refractivity contribution in [1.29, 1.82) is 0 Å². The van der Waals surface area contributed by atoms with Crippen LogP contribution < -0.4 is 14.8 Å². The summed E-state index contributed by atoms with van der Waals surface area (Å²) in [6, 6.07) is 14.8. The number of carbonyl (C=O) groups excluding carboxylic acids is 1. The summed E-state index contributed by atoms with van der Waals surface area (Å²) in [5, 5.41) is 4.44. The van der Waals surface area contributed by atoms with Crippen molar-refractivity contribution in [3.8, 4) is 5.75 Å². The smallest absolute Gasteiger partial charge is 0.387 e. The summed E-state index contributed by atoms with van der Waals surface area (Å²) < 4.78 is 57.4. The Balaban J connectivity index is 1.78. The van der Waals surface area contributed by atoms with Gasteiger partial charge in [-0.1, -0.05) is 37.3 Å². The normalized spacial score (nSPS) is 12.4. The standard InChI is InChI=1S/C21H20F2N2O4S2/c1-2-17(16-9-3-4-10-18(16)29-21(22)23)24-20(26)14-7-5-8-15(13-14)25-31(27,28)19-11-6-12-30-19/h3-13,17,21,25H,2H2,1H3,(H,24,26). The molecule has 10 heteroatoms. The summed E-state index contributed by atoms with van der Waals surface area (Å²) in [4.78, 5) is 12.8. The molecule has 164 valence electrons. The van der Waals surface area contributed by atoms with E-state index in [1.165, 1.54) is 30.3 Å². The Kier molecular flexibility index (Phi) is 7.24. The number of thiophene rings is 1. The zero-order valence-corrected chi connectivity index (χ0v) is 18.1. The second kappa shape index (κ2) is 9.88. The molecule has 6 nitrogen and oxygen atoms in total. The van der Waals surface area contributed by atoms with E-state index < -0.39 is 28.6 Å². The Hall–Kier alpha value is -2.98. The van der Waals surface area contributed by atoms with Gasteiger partial charge in [0.25, 0.3) is 15.9 Å². The van der Waals surface area contributed by atoms with Crippen molar-refractivity contribution in [2.75, 3.05) is 4.72 Å². The fourth-order valence-corrected chi connectivity index (χ4v) is 5.00. The first-order valence-corrected chi connectivity index (χ1v) is 11.7. The number of alkyl halides is 2. The Bertz CT molecular complexity index is 1140. The minimum atomic E-state index is -3.75. The number of rotatable bonds is 9. The molecule has 31 heavy (non-hydrogen) atoms. The topological polar surface area (TPSA) is 84.5 Å². The van der Waals surface area contributed by atoms with Crippen LogP contribution in [0.4, 0.5) is 14.5 Å². The van der Waals surface area contributed by atoms with Crippen LogP contribution in [-0.4, -0.2) is 20.9 Å². The van der Waals surface area contributed by atoms with Crippen LogP contribution in [-0.2, 0) is 10.0 Å². The number of benzene rings is 2. The van der Waals surface area contributed by atoms with Gasteiger partial charge in [0, 0.05) is 16.8 Å². The van der Waals surface area contributed by atoms with E-state index in [1.54, 1.807) is 42.6 Å². The molecule has 0 spiro atoms. The number of para-hydroxylation sites is 1. The number of amides is 1. The lowest BCUT2D eigenvalue weighted by Gasteiger charge is -2.20. The molecule has 1 amide bonds. The summed E-state index contributed by atoms with van der Waals surface area (Å²) in [5.74, 6) is -0.488. The average molecular weight is 467 g/mol. The molecule has 0 aliphatic rings. The Morgan fingerprint density at radius 1 is 1.10 bits per heavy atom. The molecule has 0 bridgehead atoms. The second-order valence-corrected chi connectivity index (χ2v) is 9.33. The van der Waals surface area contributed by atoms with E-state index in [2.05, 4.69) is 14.8 Å². The minimum absolute atomic E-state index is 0.0119. The highest BCUT2D eigenvalue weighted by molar-refractivity contribution is 7.94. The summed E-state index contributed by atoms with van der Waals surface area (Å²) in [6.45, 7) is -1.18. The quantitative estimate of drug-likeness (QED) is 0.463. The largest absolute Gasteiger partial charge is 0.434 e. The Labute approximate surface area is 182 Å². The van der Waals surface area contributed by atoms with Crippen molar-refractivity contribution in [2.24, 2.45) is 0 Å². The number of halogens is 2. The van der Waals surface area contributed by atoms with Gasteiger partial charge in [-0.3, -0.25) is 9.52 Å². The minimum Gasteiger partial charge on any atom is -0.434 e. The van der Waals surface area contributed by atoms with Crippen LogP contribution >= 0.6 is 11.3 Å². The number of sulfonamides is 1. The molecule has 0 aliphatic carbocycles. The highest BCUT2D eigenvalue weighted by Gasteiger charge is 2.20. The molecule has 3 aromatic rings. The van der Waals surface area contributed by atoms with Crippen molar-refractivity contribution in [3.05, 3.63) is 77.2 Å². The second-order valence-electron chi connectivity index (χ2n) is 6.47. The lowest BCUT2D eigenvalue weighted by molar-refractivity contribution is -0.0506. The highest BCUT2D eigenvalue weighted by atomic mass is 32.2. The highest BCUT2D eigenvalue weighted by Crippen LogP contribution is 2.29. The first-order valence-electron chi connectivity index (χ1n) is 9.31. The molecule has 1 aromatic heterocycles. The average Bonchev–Trinajstić information content (AvgIpc) is 3.28. The Morgan fingerprint density at radius 3 is 2.55 bits per heavy atom. The van der Waals surface area contributed by atoms with Crippen LogP contribution in [0.15, 0.2) is 70.3 Å². The zero-order chi connectivity index (χ0) is 22.4. The van der Waals surface area contributed by atoms with Crippen LogP contribution in [0, 0.1) is 0 Å². The van der Waals surface area contributed by atoms with Crippen LogP contribution in [0.3, 0.4) is 0 Å². The molecule has 2 N–H and O–H groups in total. The van der Waals surface area contributed by atoms with E-state index >= 15 is 0 Å². The maximum absolute atomic E-state index is 12.8. The summed E-state index contributed by atoms with van der Waals surface area (Å²) in [6.07, 6.45) is 0.431. The monoisotopic (exact) mass is 466 g/mol. The lowest BCUT2D eigenvalue weighted by Crippen LogP contribution is -2.28. The summed E-state index contributed by atoms with van der Waals surface area (Å²) >= 11 is 1.08. The first-order chi connectivity index (χ1) is 14.8. The molecule has 0 saturated heterocycles. The molecule has 0 aliphatic heterocycles. The molecular weight excluding hydrogens is 446 g/mol. The summed E-state index contributed by atoms with van der Waals surface area (Å²) in [7, 11) is -3.75. The third kappa shape index (κ3) is 5.80. The maximum atomic E-state index is 12.8. The van der Waals surface area contributed by atoms with Gasteiger partial charge < -0.3 is 10.1 Å². The molecule has 0 saturated carbocycles. The number of anilines is 1. The molecule has 1 atom stereocenters. The van der Waals surface area contributed by atoms with E-state index in [9.17, 15) is 22.0 Å². The molecule has 1 unspecified atom stereocenters. The van der Waals surface area contributed by atoms with Crippen molar-refractivity contribution in [1.82, 2.24) is 5.32 Å². The molecule has 1 heterocycles. The molecule has 0 fully saturated rings. The van der Waals surface area contributed by atoms with Gasteiger partial charge >= 0.3 is 6.61 Å². The predicted octanol–water partition coefficient (Wildman–Crippen LogP) is 5.03.